The van der Waals surface area contributed by atoms with E-state index in [1.54, 1.807) is 0 Å². The van der Waals surface area contributed by atoms with Gasteiger partial charge < -0.3 is 10.0 Å². The molecule has 0 bridgehead atoms. The third-order valence-electron chi connectivity index (χ3n) is 3.26. The van der Waals surface area contributed by atoms with Crippen molar-refractivity contribution in [3.05, 3.63) is 0 Å². The Morgan fingerprint density at radius 3 is 2.25 bits per heavy atom. The van der Waals surface area contributed by atoms with Crippen LogP contribution in [0.15, 0.2) is 0 Å². The first-order valence-corrected chi connectivity index (χ1v) is 7.71. The van der Waals surface area contributed by atoms with Crippen LogP contribution >= 0.6 is 0 Å². The molecule has 1 rings (SSSR count). The predicted molar refractivity (Wildman–Crippen MR) is 61.6 cm³/mol. The highest BCUT2D eigenvalue weighted by Crippen LogP contribution is 2.45. The molecule has 0 aromatic rings. The molecule has 1 aliphatic rings. The number of sulfone groups is 1. The fraction of sp³-hybridized carbons (Fsp3) is 0.800. The number of rotatable bonds is 4. The van der Waals surface area contributed by atoms with Crippen LogP contribution in [-0.2, 0) is 19.4 Å². The molecule has 1 fully saturated rings. The third kappa shape index (κ3) is 3.41. The van der Waals surface area contributed by atoms with Crippen LogP contribution in [0.1, 0.15) is 12.8 Å². The number of alkyl halides is 3. The maximum atomic E-state index is 12.9. The molecule has 0 aliphatic carbocycles. The van der Waals surface area contributed by atoms with Crippen LogP contribution < -0.4 is 0 Å². The Morgan fingerprint density at radius 2 is 1.90 bits per heavy atom. The minimum absolute atomic E-state index is 0.353. The maximum Gasteiger partial charge on any atom is 0.406 e. The van der Waals surface area contributed by atoms with Crippen molar-refractivity contribution in [2.75, 3.05) is 25.1 Å². The van der Waals surface area contributed by atoms with Gasteiger partial charge in [0.2, 0.25) is 5.91 Å². The summed E-state index contributed by atoms with van der Waals surface area (Å²) in [6.07, 6.45) is -5.24. The summed E-state index contributed by atoms with van der Waals surface area (Å²) in [6, 6.07) is 0. The topological polar surface area (TPSA) is 91.8 Å². The molecule has 0 radical (unpaired) electrons. The van der Waals surface area contributed by atoms with E-state index in [0.29, 0.717) is 0 Å². The number of halogens is 3. The van der Waals surface area contributed by atoms with E-state index in [-0.39, 0.29) is 6.54 Å². The number of carboxylic acids is 1. The maximum absolute atomic E-state index is 12.9. The lowest BCUT2D eigenvalue weighted by atomic mass is 9.86. The van der Waals surface area contributed by atoms with Crippen molar-refractivity contribution in [2.24, 2.45) is 5.41 Å². The summed E-state index contributed by atoms with van der Waals surface area (Å²) >= 11 is 0. The van der Waals surface area contributed by atoms with Crippen molar-refractivity contribution in [3.8, 4) is 0 Å². The van der Waals surface area contributed by atoms with Crippen molar-refractivity contribution in [3.63, 3.8) is 0 Å². The lowest BCUT2D eigenvalue weighted by Gasteiger charge is -2.27. The zero-order valence-electron chi connectivity index (χ0n) is 10.6. The molecule has 20 heavy (non-hydrogen) atoms. The molecule has 1 N–H and O–H groups in total. The quantitative estimate of drug-likeness (QED) is 0.804. The Bertz CT molecular complexity index is 515. The summed E-state index contributed by atoms with van der Waals surface area (Å²) in [6.45, 7) is -1.33. The molecule has 0 saturated carbocycles. The van der Waals surface area contributed by atoms with E-state index in [9.17, 15) is 31.2 Å². The summed E-state index contributed by atoms with van der Waals surface area (Å²) < 4.78 is 60.4. The molecule has 0 aromatic carbocycles. The Kier molecular flexibility index (Phi) is 4.37. The molecule has 10 heteroatoms. The molecule has 1 saturated heterocycles. The number of likely N-dealkylation sites (tertiary alicyclic amines) is 1. The van der Waals surface area contributed by atoms with E-state index >= 15 is 0 Å². The van der Waals surface area contributed by atoms with Gasteiger partial charge >= 0.3 is 12.1 Å². The Morgan fingerprint density at radius 1 is 1.35 bits per heavy atom. The van der Waals surface area contributed by atoms with Gasteiger partial charge in [0, 0.05) is 25.8 Å². The Balaban J connectivity index is 2.80. The van der Waals surface area contributed by atoms with E-state index in [4.69, 9.17) is 5.11 Å². The van der Waals surface area contributed by atoms with Crippen LogP contribution in [0.4, 0.5) is 13.2 Å². The largest absolute Gasteiger partial charge is 0.481 e. The Labute approximate surface area is 113 Å². The van der Waals surface area contributed by atoms with E-state index in [1.807, 2.05) is 0 Å². The number of aliphatic carboxylic acids is 1. The number of hydrogen-bond acceptors (Lipinski definition) is 4. The molecule has 1 unspecified atom stereocenters. The van der Waals surface area contributed by atoms with Crippen molar-refractivity contribution in [1.29, 1.82) is 0 Å². The second-order valence-electron chi connectivity index (χ2n) is 4.83. The molecule has 116 valence electrons. The Hall–Kier alpha value is -1.32. The zero-order valence-corrected chi connectivity index (χ0v) is 11.4. The van der Waals surface area contributed by atoms with Crippen LogP contribution in [0, 0.1) is 5.41 Å². The summed E-state index contributed by atoms with van der Waals surface area (Å²) in [7, 11) is -3.41. The van der Waals surface area contributed by atoms with Gasteiger partial charge in [-0.15, -0.1) is 0 Å². The van der Waals surface area contributed by atoms with Gasteiger partial charge in [0.25, 0.3) is 0 Å². The monoisotopic (exact) mass is 317 g/mol. The number of nitrogens with zero attached hydrogens (tertiary/aromatic N) is 1. The van der Waals surface area contributed by atoms with Gasteiger partial charge in [-0.1, -0.05) is 0 Å². The van der Waals surface area contributed by atoms with Crippen LogP contribution in [0.25, 0.3) is 0 Å². The molecule has 1 atom stereocenters. The summed E-state index contributed by atoms with van der Waals surface area (Å²) in [4.78, 5) is 23.3. The fourth-order valence-electron chi connectivity index (χ4n) is 1.98. The van der Waals surface area contributed by atoms with Crippen LogP contribution in [0.3, 0.4) is 0 Å². The van der Waals surface area contributed by atoms with Crippen molar-refractivity contribution in [2.45, 2.75) is 19.0 Å². The average Bonchev–Trinajstić information content (AvgIpc) is 2.70. The SMILES string of the molecule is CS(=O)(=O)CCC(=O)N1CCC(C(=O)O)(C(F)(F)F)C1. The summed E-state index contributed by atoms with van der Waals surface area (Å²) in [5.74, 6) is -3.29. The first-order chi connectivity index (χ1) is 8.89. The highest BCUT2D eigenvalue weighted by molar-refractivity contribution is 7.90. The molecular weight excluding hydrogens is 303 g/mol. The number of hydrogen-bond donors (Lipinski definition) is 1. The van der Waals surface area contributed by atoms with Crippen molar-refractivity contribution < 1.29 is 36.3 Å². The summed E-state index contributed by atoms with van der Waals surface area (Å²) in [5, 5.41) is 8.80. The predicted octanol–water partition coefficient (Wildman–Crippen LogP) is 0.287. The lowest BCUT2D eigenvalue weighted by molar-refractivity contribution is -0.227. The standard InChI is InChI=1S/C10H14F3NO5S/c1-20(18,19)5-2-7(15)14-4-3-9(6-14,8(16)17)10(11,12)13/h2-6H2,1H3,(H,16,17). The van der Waals surface area contributed by atoms with E-state index < -0.39 is 58.4 Å². The number of carbonyl (C=O) groups is 2. The molecular formula is C10H14F3NO5S. The lowest BCUT2D eigenvalue weighted by Crippen LogP contribution is -2.47. The van der Waals surface area contributed by atoms with Gasteiger partial charge in [-0.05, 0) is 6.42 Å². The number of amides is 1. The molecule has 1 heterocycles. The number of carboxylic acid groups (broad SMARTS) is 1. The van der Waals surface area contributed by atoms with Crippen LogP contribution in [-0.4, -0.2) is 61.6 Å². The minimum atomic E-state index is -4.97. The minimum Gasteiger partial charge on any atom is -0.481 e. The van der Waals surface area contributed by atoms with Crippen LogP contribution in [0.5, 0.6) is 0 Å². The second-order valence-corrected chi connectivity index (χ2v) is 7.09. The average molecular weight is 317 g/mol. The normalized spacial score (nSPS) is 23.9. The van der Waals surface area contributed by atoms with E-state index in [2.05, 4.69) is 0 Å². The highest BCUT2D eigenvalue weighted by atomic mass is 32.2. The first kappa shape index (κ1) is 16.7. The van der Waals surface area contributed by atoms with E-state index in [0.717, 1.165) is 11.2 Å². The second kappa shape index (κ2) is 5.23. The van der Waals surface area contributed by atoms with Crippen molar-refractivity contribution >= 4 is 21.7 Å². The summed E-state index contributed by atoms with van der Waals surface area (Å²) in [5.41, 5.74) is -2.96. The fourth-order valence-corrected chi connectivity index (χ4v) is 2.53. The molecule has 0 aromatic heterocycles. The van der Waals surface area contributed by atoms with Crippen LogP contribution in [0.2, 0.25) is 0 Å². The van der Waals surface area contributed by atoms with Crippen molar-refractivity contribution in [1.82, 2.24) is 4.90 Å². The highest BCUT2D eigenvalue weighted by Gasteiger charge is 2.64. The van der Waals surface area contributed by atoms with E-state index in [1.165, 1.54) is 0 Å². The zero-order chi connectivity index (χ0) is 15.8. The van der Waals surface area contributed by atoms with Gasteiger partial charge in [-0.2, -0.15) is 13.2 Å². The first-order valence-electron chi connectivity index (χ1n) is 5.65. The number of carbonyl (C=O) groups excluding carboxylic acids is 1. The molecule has 1 aliphatic heterocycles. The van der Waals surface area contributed by atoms with Gasteiger partial charge in [-0.25, -0.2) is 8.42 Å². The smallest absolute Gasteiger partial charge is 0.406 e. The van der Waals surface area contributed by atoms with Gasteiger partial charge in [0.15, 0.2) is 5.41 Å². The molecule has 0 spiro atoms. The van der Waals surface area contributed by atoms with Gasteiger partial charge in [-0.3, -0.25) is 9.59 Å². The molecule has 6 nitrogen and oxygen atoms in total. The van der Waals surface area contributed by atoms with Gasteiger partial charge in [0.05, 0.1) is 5.75 Å². The van der Waals surface area contributed by atoms with Gasteiger partial charge in [0.1, 0.15) is 9.84 Å². The molecule has 1 amide bonds. The third-order valence-corrected chi connectivity index (χ3v) is 4.21.